The summed E-state index contributed by atoms with van der Waals surface area (Å²) >= 11 is 2.30. The van der Waals surface area contributed by atoms with Gasteiger partial charge in [-0.05, 0) is 20.8 Å². The van der Waals surface area contributed by atoms with Crippen molar-refractivity contribution < 1.29 is 4.74 Å². The van der Waals surface area contributed by atoms with E-state index in [4.69, 9.17) is 4.74 Å². The predicted octanol–water partition coefficient (Wildman–Crippen LogP) is 2.24. The van der Waals surface area contributed by atoms with Gasteiger partial charge in [-0.1, -0.05) is 22.6 Å². The van der Waals surface area contributed by atoms with Crippen LogP contribution in [0.3, 0.4) is 0 Å². The van der Waals surface area contributed by atoms with Crippen molar-refractivity contribution in [2.75, 3.05) is 11.0 Å². The minimum atomic E-state index is 0.0468. The molecule has 0 atom stereocenters. The molecule has 0 aliphatic carbocycles. The monoisotopic (exact) mass is 228 g/mol. The Balaban J connectivity index is 3.11. The van der Waals surface area contributed by atoms with Crippen LogP contribution in [0.1, 0.15) is 20.8 Å². The molecular weight excluding hydrogens is 215 g/mol. The van der Waals surface area contributed by atoms with Crippen LogP contribution in [-0.4, -0.2) is 16.6 Å². The van der Waals surface area contributed by atoms with Crippen molar-refractivity contribution in [1.29, 1.82) is 0 Å². The molecule has 50 valence electrons. The molecule has 0 N–H and O–H groups in total. The number of ether oxygens (including phenoxy) is 1. The highest BCUT2D eigenvalue weighted by molar-refractivity contribution is 14.1. The van der Waals surface area contributed by atoms with Crippen LogP contribution in [0.5, 0.6) is 0 Å². The molecule has 0 radical (unpaired) electrons. The quantitative estimate of drug-likeness (QED) is 0.520. The van der Waals surface area contributed by atoms with Gasteiger partial charge < -0.3 is 4.74 Å². The Labute approximate surface area is 64.9 Å². The van der Waals surface area contributed by atoms with Crippen LogP contribution in [0.2, 0.25) is 0 Å². The zero-order valence-corrected chi connectivity index (χ0v) is 7.86. The smallest absolute Gasteiger partial charge is 0.0598 e. The van der Waals surface area contributed by atoms with Crippen molar-refractivity contribution in [2.24, 2.45) is 0 Å². The molecule has 0 unspecified atom stereocenters. The highest BCUT2D eigenvalue weighted by atomic mass is 127. The zero-order chi connectivity index (χ0) is 6.62. The first-order chi connectivity index (χ1) is 3.56. The number of rotatable bonds is 2. The molecule has 0 amide bonds. The van der Waals surface area contributed by atoms with E-state index in [9.17, 15) is 0 Å². The summed E-state index contributed by atoms with van der Waals surface area (Å²) in [6.45, 7) is 7.07. The molecule has 0 aromatic carbocycles. The van der Waals surface area contributed by atoms with E-state index >= 15 is 0 Å². The number of alkyl halides is 1. The van der Waals surface area contributed by atoms with E-state index in [1.807, 2.05) is 0 Å². The van der Waals surface area contributed by atoms with Gasteiger partial charge in [0.1, 0.15) is 0 Å². The summed E-state index contributed by atoms with van der Waals surface area (Å²) in [6.07, 6.45) is 0. The molecule has 0 fully saturated rings. The number of hydrogen-bond donors (Lipinski definition) is 0. The molecule has 0 aromatic rings. The lowest BCUT2D eigenvalue weighted by molar-refractivity contribution is 0.00790. The lowest BCUT2D eigenvalue weighted by atomic mass is 10.2. The van der Waals surface area contributed by atoms with Crippen LogP contribution in [-0.2, 0) is 4.74 Å². The van der Waals surface area contributed by atoms with Gasteiger partial charge in [-0.2, -0.15) is 0 Å². The average molecular weight is 228 g/mol. The average Bonchev–Trinajstić information content (AvgIpc) is 1.59. The molecule has 2 heteroatoms. The van der Waals surface area contributed by atoms with Gasteiger partial charge in [-0.15, -0.1) is 0 Å². The first kappa shape index (κ1) is 8.69. The van der Waals surface area contributed by atoms with Crippen molar-refractivity contribution >= 4 is 22.6 Å². The Bertz CT molecular complexity index is 56.0. The molecule has 0 saturated heterocycles. The van der Waals surface area contributed by atoms with Crippen molar-refractivity contribution in [3.63, 3.8) is 0 Å². The summed E-state index contributed by atoms with van der Waals surface area (Å²) in [4.78, 5) is 0. The minimum absolute atomic E-state index is 0.0468. The summed E-state index contributed by atoms with van der Waals surface area (Å²) in [5, 5.41) is 0. The highest BCUT2D eigenvalue weighted by Crippen LogP contribution is 2.05. The third-order valence-electron chi connectivity index (χ3n) is 0.612. The molecule has 0 saturated carbocycles. The second-order valence-corrected chi connectivity index (χ2v) is 3.73. The summed E-state index contributed by atoms with van der Waals surface area (Å²) < 4.78 is 6.45. The maximum Gasteiger partial charge on any atom is 0.0598 e. The molecular formula is C6H13IO. The van der Waals surface area contributed by atoms with Crippen LogP contribution >= 0.6 is 22.6 Å². The van der Waals surface area contributed by atoms with Gasteiger partial charge in [0.05, 0.1) is 12.2 Å². The Kier molecular flexibility index (Phi) is 3.98. The van der Waals surface area contributed by atoms with Gasteiger partial charge in [0.2, 0.25) is 0 Å². The zero-order valence-electron chi connectivity index (χ0n) is 5.70. The Morgan fingerprint density at radius 2 is 1.88 bits per heavy atom. The van der Waals surface area contributed by atoms with Gasteiger partial charge in [0.25, 0.3) is 0 Å². The number of hydrogen-bond acceptors (Lipinski definition) is 1. The molecule has 0 aliphatic heterocycles. The minimum Gasteiger partial charge on any atom is -0.375 e. The van der Waals surface area contributed by atoms with Crippen molar-refractivity contribution in [3.8, 4) is 0 Å². The van der Waals surface area contributed by atoms with E-state index in [1.54, 1.807) is 0 Å². The van der Waals surface area contributed by atoms with E-state index in [2.05, 4.69) is 43.4 Å². The molecule has 0 aliphatic rings. The van der Waals surface area contributed by atoms with Crippen LogP contribution in [0, 0.1) is 0 Å². The SMILES string of the molecule is CC(C)(C)OCCI. The Morgan fingerprint density at radius 1 is 1.38 bits per heavy atom. The van der Waals surface area contributed by atoms with E-state index < -0.39 is 0 Å². The van der Waals surface area contributed by atoms with Gasteiger partial charge in [-0.3, -0.25) is 0 Å². The molecule has 8 heavy (non-hydrogen) atoms. The normalized spacial score (nSPS) is 12.0. The second-order valence-electron chi connectivity index (χ2n) is 2.65. The molecule has 0 bridgehead atoms. The largest absolute Gasteiger partial charge is 0.375 e. The van der Waals surface area contributed by atoms with Gasteiger partial charge >= 0.3 is 0 Å². The Hall–Kier alpha value is 0.690. The Morgan fingerprint density at radius 3 is 2.00 bits per heavy atom. The number of halogens is 1. The van der Waals surface area contributed by atoms with Crippen molar-refractivity contribution in [3.05, 3.63) is 0 Å². The van der Waals surface area contributed by atoms with E-state index in [0.29, 0.717) is 0 Å². The van der Waals surface area contributed by atoms with Crippen LogP contribution < -0.4 is 0 Å². The maximum atomic E-state index is 5.37. The predicted molar refractivity (Wildman–Crippen MR) is 44.6 cm³/mol. The van der Waals surface area contributed by atoms with E-state index in [1.165, 1.54) is 0 Å². The van der Waals surface area contributed by atoms with E-state index in [0.717, 1.165) is 11.0 Å². The third kappa shape index (κ3) is 6.69. The lowest BCUT2D eigenvalue weighted by Crippen LogP contribution is -2.19. The van der Waals surface area contributed by atoms with Crippen LogP contribution in [0.4, 0.5) is 0 Å². The standard InChI is InChI=1S/C6H13IO/c1-6(2,3)8-5-4-7/h4-5H2,1-3H3. The van der Waals surface area contributed by atoms with Gasteiger partial charge in [-0.25, -0.2) is 0 Å². The van der Waals surface area contributed by atoms with Crippen LogP contribution in [0.15, 0.2) is 0 Å². The maximum absolute atomic E-state index is 5.37. The highest BCUT2D eigenvalue weighted by Gasteiger charge is 2.07. The molecule has 0 aromatic heterocycles. The summed E-state index contributed by atoms with van der Waals surface area (Å²) in [6, 6.07) is 0. The summed E-state index contributed by atoms with van der Waals surface area (Å²) in [5.41, 5.74) is 0.0468. The van der Waals surface area contributed by atoms with Gasteiger partial charge in [0.15, 0.2) is 0 Å². The third-order valence-corrected chi connectivity index (χ3v) is 1.05. The van der Waals surface area contributed by atoms with Gasteiger partial charge in [0, 0.05) is 4.43 Å². The first-order valence-corrected chi connectivity index (χ1v) is 4.29. The summed E-state index contributed by atoms with van der Waals surface area (Å²) in [7, 11) is 0. The fourth-order valence-electron chi connectivity index (χ4n) is 0.345. The summed E-state index contributed by atoms with van der Waals surface area (Å²) in [5.74, 6) is 0. The topological polar surface area (TPSA) is 9.23 Å². The second kappa shape index (κ2) is 3.67. The molecule has 0 heterocycles. The molecule has 1 nitrogen and oxygen atoms in total. The van der Waals surface area contributed by atoms with E-state index in [-0.39, 0.29) is 5.60 Å². The lowest BCUT2D eigenvalue weighted by Gasteiger charge is -2.18. The molecule has 0 rings (SSSR count). The fraction of sp³-hybridized carbons (Fsp3) is 1.00. The molecule has 0 spiro atoms. The first-order valence-electron chi connectivity index (χ1n) is 2.76. The van der Waals surface area contributed by atoms with Crippen molar-refractivity contribution in [2.45, 2.75) is 26.4 Å². The van der Waals surface area contributed by atoms with Crippen LogP contribution in [0.25, 0.3) is 0 Å². The van der Waals surface area contributed by atoms with Crippen molar-refractivity contribution in [1.82, 2.24) is 0 Å². The fourth-order valence-corrected chi connectivity index (χ4v) is 0.565.